The number of fused-ring (bicyclic) bond motifs is 1. The van der Waals surface area contributed by atoms with Gasteiger partial charge in [-0.05, 0) is 51.9 Å². The summed E-state index contributed by atoms with van der Waals surface area (Å²) in [6.45, 7) is 4.24. The second-order valence-corrected chi connectivity index (χ2v) is 7.89. The third-order valence-electron chi connectivity index (χ3n) is 4.56. The van der Waals surface area contributed by atoms with E-state index in [0.717, 1.165) is 22.1 Å². The number of amides is 2. The second kappa shape index (κ2) is 8.89. The smallest absolute Gasteiger partial charge is 0.262 e. The van der Waals surface area contributed by atoms with Crippen LogP contribution in [0.3, 0.4) is 0 Å². The summed E-state index contributed by atoms with van der Waals surface area (Å²) in [4.78, 5) is 25.6. The van der Waals surface area contributed by atoms with E-state index in [9.17, 15) is 9.59 Å². The highest BCUT2D eigenvalue weighted by Gasteiger charge is 2.24. The third kappa shape index (κ3) is 4.70. The Bertz CT molecular complexity index is 967. The molecule has 0 saturated carbocycles. The molecule has 3 aromatic rings. The summed E-state index contributed by atoms with van der Waals surface area (Å²) in [5.74, 6) is 0.390. The molecule has 0 aliphatic carbocycles. The highest BCUT2D eigenvalue weighted by atomic mass is 32.1. The van der Waals surface area contributed by atoms with Crippen molar-refractivity contribution < 1.29 is 14.3 Å². The molecule has 146 valence electrons. The molecule has 0 aliphatic rings. The van der Waals surface area contributed by atoms with Gasteiger partial charge in [-0.15, -0.1) is 11.3 Å². The number of carbonyl (C=O) groups excluding carboxylic acids is 2. The fourth-order valence-electron chi connectivity index (χ4n) is 2.96. The van der Waals surface area contributed by atoms with Crippen molar-refractivity contribution in [1.82, 2.24) is 10.6 Å². The number of methoxy groups -OCH3 is 1. The van der Waals surface area contributed by atoms with E-state index < -0.39 is 6.04 Å². The minimum atomic E-state index is -0.584. The summed E-state index contributed by atoms with van der Waals surface area (Å²) < 4.78 is 5.25. The molecule has 2 aromatic carbocycles. The van der Waals surface area contributed by atoms with Gasteiger partial charge in [-0.2, -0.15) is 0 Å². The quantitative estimate of drug-likeness (QED) is 0.635. The van der Waals surface area contributed by atoms with Crippen LogP contribution in [-0.4, -0.2) is 25.0 Å². The number of benzene rings is 2. The molecule has 1 unspecified atom stereocenters. The van der Waals surface area contributed by atoms with E-state index in [1.54, 1.807) is 13.2 Å². The summed E-state index contributed by atoms with van der Waals surface area (Å²) in [5.41, 5.74) is 0.998. The molecule has 2 amide bonds. The normalized spacial score (nSPS) is 12.0. The predicted molar refractivity (Wildman–Crippen MR) is 113 cm³/mol. The number of ether oxygens (including phenoxy) is 1. The largest absolute Gasteiger partial charge is 0.497 e. The van der Waals surface area contributed by atoms with Crippen LogP contribution in [-0.2, 0) is 11.3 Å². The van der Waals surface area contributed by atoms with Crippen molar-refractivity contribution >= 4 is 33.9 Å². The van der Waals surface area contributed by atoms with Crippen LogP contribution < -0.4 is 15.4 Å². The number of carbonyl (C=O) groups is 2. The fourth-order valence-corrected chi connectivity index (χ4v) is 3.59. The first-order valence-corrected chi connectivity index (χ1v) is 10.0. The highest BCUT2D eigenvalue weighted by molar-refractivity contribution is 7.12. The molecule has 1 heterocycles. The van der Waals surface area contributed by atoms with Gasteiger partial charge in [-0.3, -0.25) is 9.59 Å². The van der Waals surface area contributed by atoms with Gasteiger partial charge in [0, 0.05) is 6.54 Å². The molecular formula is C22H24N2O3S. The summed E-state index contributed by atoms with van der Waals surface area (Å²) >= 11 is 1.36. The molecule has 2 N–H and O–H groups in total. The lowest BCUT2D eigenvalue weighted by Gasteiger charge is -2.21. The topological polar surface area (TPSA) is 67.4 Å². The van der Waals surface area contributed by atoms with Gasteiger partial charge in [0.15, 0.2) is 0 Å². The van der Waals surface area contributed by atoms with Crippen LogP contribution in [0.2, 0.25) is 0 Å². The van der Waals surface area contributed by atoms with Gasteiger partial charge in [0.1, 0.15) is 11.8 Å². The summed E-state index contributed by atoms with van der Waals surface area (Å²) in [7, 11) is 1.65. The van der Waals surface area contributed by atoms with Gasteiger partial charge in [0.05, 0.1) is 12.0 Å². The summed E-state index contributed by atoms with van der Waals surface area (Å²) in [5, 5.41) is 9.79. The van der Waals surface area contributed by atoms with Crippen molar-refractivity contribution in [2.75, 3.05) is 7.11 Å². The van der Waals surface area contributed by atoms with Gasteiger partial charge in [-0.25, -0.2) is 0 Å². The van der Waals surface area contributed by atoms with Crippen LogP contribution in [0.4, 0.5) is 0 Å². The number of hydrogen-bond donors (Lipinski definition) is 2. The average molecular weight is 397 g/mol. The monoisotopic (exact) mass is 396 g/mol. The van der Waals surface area contributed by atoms with Crippen LogP contribution in [0.1, 0.15) is 29.1 Å². The average Bonchev–Trinajstić information content (AvgIpc) is 3.24. The maximum Gasteiger partial charge on any atom is 0.262 e. The van der Waals surface area contributed by atoms with E-state index in [2.05, 4.69) is 10.6 Å². The molecule has 6 heteroatoms. The number of nitrogens with one attached hydrogen (secondary N) is 2. The van der Waals surface area contributed by atoms with E-state index in [4.69, 9.17) is 4.74 Å². The Morgan fingerprint density at radius 3 is 2.50 bits per heavy atom. The Kier molecular flexibility index (Phi) is 6.31. The molecule has 1 atom stereocenters. The van der Waals surface area contributed by atoms with E-state index >= 15 is 0 Å². The standard InChI is InChI=1S/C22H24N2O3S/c1-14(2)20(24-21(25)19-5-4-10-28-19)22(26)23-13-15-6-7-17-12-18(27-3)9-8-16(17)11-15/h4-12,14,20H,13H2,1-3H3,(H,23,26)(H,24,25). The number of thiophene rings is 1. The van der Waals surface area contributed by atoms with Gasteiger partial charge < -0.3 is 15.4 Å². The summed E-state index contributed by atoms with van der Waals surface area (Å²) in [6.07, 6.45) is 0. The second-order valence-electron chi connectivity index (χ2n) is 6.94. The molecule has 0 spiro atoms. The molecular weight excluding hydrogens is 372 g/mol. The zero-order chi connectivity index (χ0) is 20.1. The van der Waals surface area contributed by atoms with Crippen LogP contribution in [0.25, 0.3) is 10.8 Å². The van der Waals surface area contributed by atoms with Gasteiger partial charge >= 0.3 is 0 Å². The Hall–Kier alpha value is -2.86. The van der Waals surface area contributed by atoms with Crippen molar-refractivity contribution in [1.29, 1.82) is 0 Å². The minimum Gasteiger partial charge on any atom is -0.497 e. The zero-order valence-electron chi connectivity index (χ0n) is 16.2. The van der Waals surface area contributed by atoms with E-state index in [1.807, 2.05) is 61.7 Å². The predicted octanol–water partition coefficient (Wildman–Crippen LogP) is 3.98. The summed E-state index contributed by atoms with van der Waals surface area (Å²) in [6, 6.07) is 14.9. The zero-order valence-corrected chi connectivity index (χ0v) is 17.0. The first-order chi connectivity index (χ1) is 13.5. The Labute approximate surface area is 168 Å². The van der Waals surface area contributed by atoms with Crippen LogP contribution in [0.15, 0.2) is 53.9 Å². The van der Waals surface area contributed by atoms with Gasteiger partial charge in [0.2, 0.25) is 5.91 Å². The molecule has 1 aromatic heterocycles. The molecule has 0 radical (unpaired) electrons. The molecule has 3 rings (SSSR count). The van der Waals surface area contributed by atoms with E-state index in [0.29, 0.717) is 11.4 Å². The SMILES string of the molecule is COc1ccc2cc(CNC(=O)C(NC(=O)c3cccs3)C(C)C)ccc2c1. The highest BCUT2D eigenvalue weighted by Crippen LogP contribution is 2.22. The third-order valence-corrected chi connectivity index (χ3v) is 5.43. The maximum atomic E-state index is 12.7. The number of hydrogen-bond acceptors (Lipinski definition) is 4. The van der Waals surface area contributed by atoms with Gasteiger partial charge in [0.25, 0.3) is 5.91 Å². The van der Waals surface area contributed by atoms with Crippen LogP contribution in [0.5, 0.6) is 5.75 Å². The first-order valence-electron chi connectivity index (χ1n) is 9.16. The lowest BCUT2D eigenvalue weighted by molar-refractivity contribution is -0.124. The molecule has 0 saturated heterocycles. The van der Waals surface area contributed by atoms with E-state index in [1.165, 1.54) is 11.3 Å². The molecule has 0 bridgehead atoms. The Morgan fingerprint density at radius 1 is 1.07 bits per heavy atom. The lowest BCUT2D eigenvalue weighted by Crippen LogP contribution is -2.49. The first kappa shape index (κ1) is 19.9. The molecule has 28 heavy (non-hydrogen) atoms. The van der Waals surface area contributed by atoms with Crippen molar-refractivity contribution in [3.05, 3.63) is 64.4 Å². The van der Waals surface area contributed by atoms with Crippen molar-refractivity contribution in [2.45, 2.75) is 26.4 Å². The minimum absolute atomic E-state index is 0.0204. The molecule has 0 aliphatic heterocycles. The van der Waals surface area contributed by atoms with E-state index in [-0.39, 0.29) is 17.7 Å². The van der Waals surface area contributed by atoms with Gasteiger partial charge in [-0.1, -0.05) is 38.1 Å². The van der Waals surface area contributed by atoms with Crippen LogP contribution >= 0.6 is 11.3 Å². The number of rotatable bonds is 7. The Balaban J connectivity index is 1.65. The Morgan fingerprint density at radius 2 is 1.82 bits per heavy atom. The maximum absolute atomic E-state index is 12.7. The lowest BCUT2D eigenvalue weighted by atomic mass is 10.0. The molecule has 0 fully saturated rings. The van der Waals surface area contributed by atoms with Crippen LogP contribution in [0, 0.1) is 5.92 Å². The molecule has 5 nitrogen and oxygen atoms in total. The van der Waals surface area contributed by atoms with Crippen molar-refractivity contribution in [3.63, 3.8) is 0 Å². The fraction of sp³-hybridized carbons (Fsp3) is 0.273. The van der Waals surface area contributed by atoms with Crippen molar-refractivity contribution in [2.24, 2.45) is 5.92 Å². The van der Waals surface area contributed by atoms with Crippen molar-refractivity contribution in [3.8, 4) is 5.75 Å².